The molecule has 6 N–H and O–H groups in total. The molecule has 3 aromatic rings. The van der Waals surface area contributed by atoms with Gasteiger partial charge in [0.15, 0.2) is 0 Å². The maximum Gasteiger partial charge on any atom is 0.250 e. The number of hydrogen-bond acceptors (Lipinski definition) is 6. The highest BCUT2D eigenvalue weighted by Crippen LogP contribution is 2.37. The summed E-state index contributed by atoms with van der Waals surface area (Å²) < 4.78 is 27.1. The van der Waals surface area contributed by atoms with Crippen LogP contribution in [-0.2, 0) is 10.0 Å². The van der Waals surface area contributed by atoms with Crippen molar-refractivity contribution < 1.29 is 23.4 Å². The highest BCUT2D eigenvalue weighted by molar-refractivity contribution is 7.89. The Morgan fingerprint density at radius 2 is 1.80 bits per heavy atom. The first kappa shape index (κ1) is 25.3. The number of benzene rings is 2. The van der Waals surface area contributed by atoms with E-state index in [-0.39, 0.29) is 31.4 Å². The minimum absolute atomic E-state index is 0.0936. The Labute approximate surface area is 205 Å². The number of amides is 1. The van der Waals surface area contributed by atoms with Crippen molar-refractivity contribution in [3.05, 3.63) is 59.8 Å². The van der Waals surface area contributed by atoms with Crippen LogP contribution in [0.4, 0.5) is 0 Å². The maximum absolute atomic E-state index is 12.8. The molecule has 4 rings (SSSR count). The van der Waals surface area contributed by atoms with Gasteiger partial charge in [-0.1, -0.05) is 30.3 Å². The number of carbonyl (C=O) groups excluding carboxylic acids is 1. The molecule has 0 bridgehead atoms. The van der Waals surface area contributed by atoms with E-state index >= 15 is 0 Å². The van der Waals surface area contributed by atoms with Crippen molar-refractivity contribution in [2.75, 3.05) is 38.6 Å². The molecule has 10 heteroatoms. The molecular formula is C25H32N4O5S. The molecule has 2 heterocycles. The highest BCUT2D eigenvalue weighted by atomic mass is 32.2. The van der Waals surface area contributed by atoms with Crippen LogP contribution >= 0.6 is 0 Å². The number of nitrogens with two attached hydrogens (primary N) is 1. The lowest BCUT2D eigenvalue weighted by Crippen LogP contribution is -2.43. The summed E-state index contributed by atoms with van der Waals surface area (Å²) in [5.41, 5.74) is 9.79. The predicted molar refractivity (Wildman–Crippen MR) is 136 cm³/mol. The van der Waals surface area contributed by atoms with E-state index in [0.29, 0.717) is 37.0 Å². The quantitative estimate of drug-likeness (QED) is 0.284. The van der Waals surface area contributed by atoms with Crippen molar-refractivity contribution >= 4 is 26.8 Å². The lowest BCUT2D eigenvalue weighted by molar-refractivity contribution is 0.100. The molecule has 0 spiro atoms. The van der Waals surface area contributed by atoms with Gasteiger partial charge in [0.05, 0.1) is 36.1 Å². The maximum atomic E-state index is 12.8. The van der Waals surface area contributed by atoms with Crippen LogP contribution in [0.25, 0.3) is 22.0 Å². The topological polar surface area (TPSA) is 149 Å². The van der Waals surface area contributed by atoms with Gasteiger partial charge in [0.1, 0.15) is 0 Å². The summed E-state index contributed by atoms with van der Waals surface area (Å²) in [7, 11) is -3.45. The Morgan fingerprint density at radius 3 is 2.43 bits per heavy atom. The van der Waals surface area contributed by atoms with Crippen LogP contribution in [-0.4, -0.2) is 78.5 Å². The van der Waals surface area contributed by atoms with Gasteiger partial charge in [0, 0.05) is 31.2 Å². The largest absolute Gasteiger partial charge is 0.395 e. The summed E-state index contributed by atoms with van der Waals surface area (Å²) in [6, 6.07) is 13.2. The summed E-state index contributed by atoms with van der Waals surface area (Å²) in [5.74, 6) is -0.447. The molecule has 0 saturated carbocycles. The van der Waals surface area contributed by atoms with Crippen LogP contribution < -0.4 is 11.1 Å². The van der Waals surface area contributed by atoms with Crippen molar-refractivity contribution in [2.24, 2.45) is 5.73 Å². The number of carbonyl (C=O) groups is 1. The molecule has 2 aromatic carbocycles. The van der Waals surface area contributed by atoms with E-state index in [1.807, 2.05) is 42.6 Å². The number of primary amides is 1. The first-order valence-electron chi connectivity index (χ1n) is 11.8. The molecule has 9 nitrogen and oxygen atoms in total. The third-order valence-electron chi connectivity index (χ3n) is 6.71. The monoisotopic (exact) mass is 500 g/mol. The van der Waals surface area contributed by atoms with Gasteiger partial charge in [-0.05, 0) is 47.6 Å². The number of aliphatic hydroxyl groups is 2. The van der Waals surface area contributed by atoms with E-state index in [2.05, 4.69) is 16.4 Å². The first-order chi connectivity index (χ1) is 16.8. The van der Waals surface area contributed by atoms with Crippen molar-refractivity contribution in [1.82, 2.24) is 14.6 Å². The lowest BCUT2D eigenvalue weighted by atomic mass is 9.88. The van der Waals surface area contributed by atoms with Gasteiger partial charge < -0.3 is 26.2 Å². The van der Waals surface area contributed by atoms with E-state index in [9.17, 15) is 13.2 Å². The van der Waals surface area contributed by atoms with E-state index in [1.165, 1.54) is 4.31 Å². The van der Waals surface area contributed by atoms with Gasteiger partial charge in [-0.15, -0.1) is 0 Å². The third kappa shape index (κ3) is 5.57. The number of sulfonamides is 1. The second-order valence-corrected chi connectivity index (χ2v) is 11.0. The molecule has 1 aromatic heterocycles. The summed E-state index contributed by atoms with van der Waals surface area (Å²) in [6.07, 6.45) is 3.24. The highest BCUT2D eigenvalue weighted by Gasteiger charge is 2.30. The number of aromatic nitrogens is 1. The average Bonchev–Trinajstić information content (AvgIpc) is 3.30. The predicted octanol–water partition coefficient (Wildman–Crippen LogP) is 1.39. The molecule has 1 aliphatic heterocycles. The molecule has 1 aliphatic rings. The number of piperidine rings is 1. The molecule has 0 radical (unpaired) electrons. The van der Waals surface area contributed by atoms with Crippen LogP contribution in [0.15, 0.2) is 48.7 Å². The SMILES string of the molecule is NC(=O)c1cc(-c2ccccc2)cc2c(C3CCN(S(=O)(=O)CCNC(CO)CO)CC3)c[nH]c12. The first-order valence-corrected chi connectivity index (χ1v) is 13.4. The van der Waals surface area contributed by atoms with Crippen molar-refractivity contribution in [1.29, 1.82) is 0 Å². The summed E-state index contributed by atoms with van der Waals surface area (Å²) in [4.78, 5) is 15.4. The summed E-state index contributed by atoms with van der Waals surface area (Å²) >= 11 is 0. The molecule has 1 saturated heterocycles. The number of rotatable bonds is 10. The van der Waals surface area contributed by atoms with Gasteiger partial charge in [-0.3, -0.25) is 4.79 Å². The second-order valence-electron chi connectivity index (χ2n) is 8.93. The zero-order valence-corrected chi connectivity index (χ0v) is 20.3. The Bertz CT molecular complexity index is 1260. The normalized spacial score (nSPS) is 15.7. The Hall–Kier alpha value is -2.76. The standard InChI is InChI=1S/C25H32N4O5S/c26-25(32)22-13-19(17-4-2-1-3-5-17)12-21-23(14-28-24(21)22)18-6-9-29(10-7-18)35(33,34)11-8-27-20(15-30)16-31/h1-5,12-14,18,20,27-28,30-31H,6-11,15-16H2,(H2,26,32). The minimum atomic E-state index is -3.45. The molecule has 188 valence electrons. The zero-order valence-electron chi connectivity index (χ0n) is 19.5. The Morgan fingerprint density at radius 1 is 1.11 bits per heavy atom. The van der Waals surface area contributed by atoms with Crippen molar-refractivity contribution in [3.63, 3.8) is 0 Å². The van der Waals surface area contributed by atoms with Crippen LogP contribution in [0, 0.1) is 0 Å². The zero-order chi connectivity index (χ0) is 25.0. The molecule has 0 aliphatic carbocycles. The number of nitrogens with zero attached hydrogens (tertiary/aromatic N) is 1. The van der Waals surface area contributed by atoms with Gasteiger partial charge in [0.25, 0.3) is 5.91 Å². The van der Waals surface area contributed by atoms with Crippen LogP contribution in [0.1, 0.15) is 34.7 Å². The molecule has 1 fully saturated rings. The number of H-pyrrole nitrogens is 1. The average molecular weight is 501 g/mol. The van der Waals surface area contributed by atoms with Crippen molar-refractivity contribution in [2.45, 2.75) is 24.8 Å². The summed E-state index contributed by atoms with van der Waals surface area (Å²) in [5, 5.41) is 22.0. The second kappa shape index (κ2) is 10.9. The lowest BCUT2D eigenvalue weighted by Gasteiger charge is -2.31. The van der Waals surface area contributed by atoms with E-state index < -0.39 is 22.0 Å². The van der Waals surface area contributed by atoms with Gasteiger partial charge in [0.2, 0.25) is 10.0 Å². The fourth-order valence-electron chi connectivity index (χ4n) is 4.74. The number of aliphatic hydroxyl groups excluding tert-OH is 2. The third-order valence-corrected chi connectivity index (χ3v) is 8.59. The fraction of sp³-hybridized carbons (Fsp3) is 0.400. The Balaban J connectivity index is 1.51. The van der Waals surface area contributed by atoms with E-state index in [1.54, 1.807) is 0 Å². The van der Waals surface area contributed by atoms with Gasteiger partial charge in [-0.2, -0.15) is 0 Å². The smallest absolute Gasteiger partial charge is 0.250 e. The van der Waals surface area contributed by atoms with Crippen LogP contribution in [0.3, 0.4) is 0 Å². The summed E-state index contributed by atoms with van der Waals surface area (Å²) in [6.45, 7) is 0.467. The number of hydrogen-bond donors (Lipinski definition) is 5. The molecule has 1 amide bonds. The number of fused-ring (bicyclic) bond motifs is 1. The molecule has 0 unspecified atom stereocenters. The van der Waals surface area contributed by atoms with Crippen molar-refractivity contribution in [3.8, 4) is 11.1 Å². The number of nitrogens with one attached hydrogen (secondary N) is 2. The number of aromatic amines is 1. The molecule has 0 atom stereocenters. The minimum Gasteiger partial charge on any atom is -0.395 e. The van der Waals surface area contributed by atoms with E-state index in [0.717, 1.165) is 22.1 Å². The fourth-order valence-corrected chi connectivity index (χ4v) is 6.14. The van der Waals surface area contributed by atoms with Gasteiger partial charge in [-0.25, -0.2) is 12.7 Å². The Kier molecular flexibility index (Phi) is 7.88. The van der Waals surface area contributed by atoms with Crippen LogP contribution in [0.5, 0.6) is 0 Å². The van der Waals surface area contributed by atoms with E-state index in [4.69, 9.17) is 15.9 Å². The molecular weight excluding hydrogens is 468 g/mol. The molecule has 35 heavy (non-hydrogen) atoms. The van der Waals surface area contributed by atoms with Crippen LogP contribution in [0.2, 0.25) is 0 Å². The van der Waals surface area contributed by atoms with Gasteiger partial charge >= 0.3 is 0 Å².